The highest BCUT2D eigenvalue weighted by atomic mass is 16.5. The summed E-state index contributed by atoms with van der Waals surface area (Å²) in [6.07, 6.45) is 4.19. The minimum absolute atomic E-state index is 0.142. The van der Waals surface area contributed by atoms with Gasteiger partial charge in [0.2, 0.25) is 0 Å². The van der Waals surface area contributed by atoms with Crippen LogP contribution in [-0.4, -0.2) is 68.1 Å². The van der Waals surface area contributed by atoms with Gasteiger partial charge in [0.25, 0.3) is 0 Å². The maximum absolute atomic E-state index is 11.5. The van der Waals surface area contributed by atoms with Gasteiger partial charge in [0.1, 0.15) is 6.29 Å². The lowest BCUT2D eigenvalue weighted by Gasteiger charge is -2.42. The van der Waals surface area contributed by atoms with Gasteiger partial charge in [0, 0.05) is 57.4 Å². The Balaban J connectivity index is 1.82. The fourth-order valence-corrected chi connectivity index (χ4v) is 3.16. The van der Waals surface area contributed by atoms with E-state index in [2.05, 4.69) is 23.6 Å². The normalized spacial score (nSPS) is 27.1. The number of carbonyl (C=O) groups is 1. The van der Waals surface area contributed by atoms with Crippen molar-refractivity contribution in [3.8, 4) is 0 Å². The lowest BCUT2D eigenvalue weighted by Crippen LogP contribution is -2.53. The molecule has 0 aromatic carbocycles. The highest BCUT2D eigenvalue weighted by Crippen LogP contribution is 2.29. The van der Waals surface area contributed by atoms with Crippen molar-refractivity contribution in [2.45, 2.75) is 39.2 Å². The monoisotopic (exact) mass is 268 g/mol. The van der Waals surface area contributed by atoms with Gasteiger partial charge < -0.3 is 9.53 Å². The zero-order valence-corrected chi connectivity index (χ0v) is 12.4. The van der Waals surface area contributed by atoms with Crippen LogP contribution in [0.4, 0.5) is 0 Å². The van der Waals surface area contributed by atoms with Gasteiger partial charge in [-0.1, -0.05) is 6.92 Å². The first-order valence-corrected chi connectivity index (χ1v) is 7.69. The average Bonchev–Trinajstić information content (AvgIpc) is 2.48. The molecule has 0 bridgehead atoms. The molecule has 0 spiro atoms. The average molecular weight is 268 g/mol. The van der Waals surface area contributed by atoms with Crippen molar-refractivity contribution >= 4 is 6.29 Å². The molecule has 2 saturated heterocycles. The molecule has 1 atom stereocenters. The summed E-state index contributed by atoms with van der Waals surface area (Å²) in [6, 6.07) is 0.685. The molecule has 2 aliphatic heterocycles. The Hall–Kier alpha value is -0.450. The SMILES string of the molecule is CCC(C)N1CCN(CC2(C=O)CCOCC2)CC1. The van der Waals surface area contributed by atoms with Crippen LogP contribution in [0.25, 0.3) is 0 Å². The molecule has 2 fully saturated rings. The van der Waals surface area contributed by atoms with Crippen molar-refractivity contribution in [2.24, 2.45) is 5.41 Å². The van der Waals surface area contributed by atoms with Crippen molar-refractivity contribution in [2.75, 3.05) is 45.9 Å². The Kier molecular flexibility index (Phi) is 5.37. The molecule has 4 nitrogen and oxygen atoms in total. The first-order chi connectivity index (χ1) is 9.19. The van der Waals surface area contributed by atoms with Gasteiger partial charge in [-0.2, -0.15) is 0 Å². The summed E-state index contributed by atoms with van der Waals surface area (Å²) >= 11 is 0. The summed E-state index contributed by atoms with van der Waals surface area (Å²) in [5, 5.41) is 0. The summed E-state index contributed by atoms with van der Waals surface area (Å²) in [5.74, 6) is 0. The number of hydrogen-bond acceptors (Lipinski definition) is 4. The Bertz CT molecular complexity index is 282. The van der Waals surface area contributed by atoms with E-state index in [-0.39, 0.29) is 5.41 Å². The van der Waals surface area contributed by atoms with Crippen molar-refractivity contribution in [1.82, 2.24) is 9.80 Å². The van der Waals surface area contributed by atoms with Gasteiger partial charge in [-0.15, -0.1) is 0 Å². The number of piperazine rings is 1. The number of carbonyl (C=O) groups excluding carboxylic acids is 1. The second-order valence-corrected chi connectivity index (χ2v) is 6.16. The maximum Gasteiger partial charge on any atom is 0.127 e. The summed E-state index contributed by atoms with van der Waals surface area (Å²) < 4.78 is 5.39. The van der Waals surface area contributed by atoms with E-state index in [1.807, 2.05) is 0 Å². The molecule has 4 heteroatoms. The number of hydrogen-bond donors (Lipinski definition) is 0. The predicted molar refractivity (Wildman–Crippen MR) is 76.3 cm³/mol. The molecular formula is C15H28N2O2. The van der Waals surface area contributed by atoms with E-state index in [0.29, 0.717) is 6.04 Å². The molecule has 0 aromatic heterocycles. The zero-order valence-electron chi connectivity index (χ0n) is 12.4. The van der Waals surface area contributed by atoms with Gasteiger partial charge in [-0.25, -0.2) is 0 Å². The number of aldehydes is 1. The number of rotatable bonds is 5. The highest BCUT2D eigenvalue weighted by molar-refractivity contribution is 5.60. The summed E-state index contributed by atoms with van der Waals surface area (Å²) in [6.45, 7) is 11.4. The van der Waals surface area contributed by atoms with Crippen molar-refractivity contribution < 1.29 is 9.53 Å². The quantitative estimate of drug-likeness (QED) is 0.706. The molecule has 1 unspecified atom stereocenters. The Labute approximate surface area is 117 Å². The third-order valence-corrected chi connectivity index (χ3v) is 4.90. The largest absolute Gasteiger partial charge is 0.381 e. The summed E-state index contributed by atoms with van der Waals surface area (Å²) in [4.78, 5) is 16.5. The van der Waals surface area contributed by atoms with E-state index in [0.717, 1.165) is 58.8 Å². The molecule has 110 valence electrons. The van der Waals surface area contributed by atoms with Crippen LogP contribution in [0.15, 0.2) is 0 Å². The Morgan fingerprint density at radius 3 is 2.37 bits per heavy atom. The smallest absolute Gasteiger partial charge is 0.127 e. The zero-order chi connectivity index (χ0) is 13.7. The summed E-state index contributed by atoms with van der Waals surface area (Å²) in [5.41, 5.74) is -0.142. The third kappa shape index (κ3) is 3.77. The Morgan fingerprint density at radius 1 is 1.21 bits per heavy atom. The third-order valence-electron chi connectivity index (χ3n) is 4.90. The second-order valence-electron chi connectivity index (χ2n) is 6.16. The lowest BCUT2D eigenvalue weighted by atomic mass is 9.81. The van der Waals surface area contributed by atoms with Crippen LogP contribution in [-0.2, 0) is 9.53 Å². The minimum atomic E-state index is -0.142. The molecule has 0 saturated carbocycles. The van der Waals surface area contributed by atoms with Gasteiger partial charge in [0.15, 0.2) is 0 Å². The van der Waals surface area contributed by atoms with Gasteiger partial charge in [-0.05, 0) is 26.2 Å². The van der Waals surface area contributed by atoms with Crippen LogP contribution in [0, 0.1) is 5.41 Å². The second kappa shape index (κ2) is 6.82. The topological polar surface area (TPSA) is 32.8 Å². The standard InChI is InChI=1S/C15H28N2O2/c1-3-14(2)17-8-6-16(7-9-17)12-15(13-18)4-10-19-11-5-15/h13-14H,3-12H2,1-2H3. The van der Waals surface area contributed by atoms with Crippen molar-refractivity contribution in [3.63, 3.8) is 0 Å². The van der Waals surface area contributed by atoms with Crippen molar-refractivity contribution in [1.29, 1.82) is 0 Å². The van der Waals surface area contributed by atoms with Gasteiger partial charge >= 0.3 is 0 Å². The maximum atomic E-state index is 11.5. The van der Waals surface area contributed by atoms with Crippen LogP contribution >= 0.6 is 0 Å². The Morgan fingerprint density at radius 2 is 1.84 bits per heavy atom. The van der Waals surface area contributed by atoms with E-state index in [1.165, 1.54) is 12.7 Å². The molecule has 0 N–H and O–H groups in total. The molecule has 0 radical (unpaired) electrons. The first-order valence-electron chi connectivity index (χ1n) is 7.69. The molecule has 0 aromatic rings. The predicted octanol–water partition coefficient (Wildman–Crippen LogP) is 1.40. The van der Waals surface area contributed by atoms with Crippen LogP contribution in [0.3, 0.4) is 0 Å². The number of nitrogens with zero attached hydrogens (tertiary/aromatic N) is 2. The van der Waals surface area contributed by atoms with E-state index < -0.39 is 0 Å². The fourth-order valence-electron chi connectivity index (χ4n) is 3.16. The van der Waals surface area contributed by atoms with E-state index >= 15 is 0 Å². The van der Waals surface area contributed by atoms with E-state index in [1.54, 1.807) is 0 Å². The first kappa shape index (κ1) is 14.9. The van der Waals surface area contributed by atoms with Crippen LogP contribution in [0.2, 0.25) is 0 Å². The molecule has 2 aliphatic rings. The molecule has 19 heavy (non-hydrogen) atoms. The minimum Gasteiger partial charge on any atom is -0.381 e. The molecule has 0 amide bonds. The van der Waals surface area contributed by atoms with E-state index in [4.69, 9.17) is 4.74 Å². The number of ether oxygens (including phenoxy) is 1. The molecular weight excluding hydrogens is 240 g/mol. The highest BCUT2D eigenvalue weighted by Gasteiger charge is 2.35. The van der Waals surface area contributed by atoms with Crippen LogP contribution in [0.1, 0.15) is 33.1 Å². The van der Waals surface area contributed by atoms with Gasteiger partial charge in [-0.3, -0.25) is 9.80 Å². The van der Waals surface area contributed by atoms with Crippen LogP contribution < -0.4 is 0 Å². The van der Waals surface area contributed by atoms with E-state index in [9.17, 15) is 4.79 Å². The lowest BCUT2D eigenvalue weighted by molar-refractivity contribution is -0.123. The molecule has 2 heterocycles. The fraction of sp³-hybridized carbons (Fsp3) is 0.933. The van der Waals surface area contributed by atoms with Gasteiger partial charge in [0.05, 0.1) is 0 Å². The summed E-state index contributed by atoms with van der Waals surface area (Å²) in [7, 11) is 0. The van der Waals surface area contributed by atoms with Crippen molar-refractivity contribution in [3.05, 3.63) is 0 Å². The molecule has 2 rings (SSSR count). The molecule has 0 aliphatic carbocycles. The van der Waals surface area contributed by atoms with Crippen LogP contribution in [0.5, 0.6) is 0 Å².